The molecule has 2 aromatic carbocycles. The number of carbonyl (C=O) groups excluding carboxylic acids is 2. The molecule has 20 heavy (non-hydrogen) atoms. The van der Waals surface area contributed by atoms with Gasteiger partial charge in [-0.15, -0.1) is 23.5 Å². The van der Waals surface area contributed by atoms with Crippen LogP contribution in [0.15, 0.2) is 58.3 Å². The van der Waals surface area contributed by atoms with Gasteiger partial charge in [0.25, 0.3) is 0 Å². The monoisotopic (exact) mass is 298 g/mol. The highest BCUT2D eigenvalue weighted by Gasteiger charge is 2.44. The largest absolute Gasteiger partial charge is 0.293 e. The molecule has 2 aliphatic heterocycles. The summed E-state index contributed by atoms with van der Waals surface area (Å²) in [5.74, 6) is 0.175. The number of benzene rings is 2. The molecule has 0 radical (unpaired) electrons. The first-order valence-corrected chi connectivity index (χ1v) is 8.11. The van der Waals surface area contributed by atoms with Crippen molar-refractivity contribution in [2.24, 2.45) is 0 Å². The van der Waals surface area contributed by atoms with Gasteiger partial charge < -0.3 is 0 Å². The second kappa shape index (κ2) is 4.50. The van der Waals surface area contributed by atoms with Crippen molar-refractivity contribution in [3.05, 3.63) is 59.7 Å². The van der Waals surface area contributed by atoms with Crippen molar-refractivity contribution in [1.29, 1.82) is 0 Å². The lowest BCUT2D eigenvalue weighted by Crippen LogP contribution is -2.29. The van der Waals surface area contributed by atoms with E-state index in [0.29, 0.717) is 0 Å². The minimum absolute atomic E-state index is 0.0873. The van der Waals surface area contributed by atoms with Gasteiger partial charge in [0, 0.05) is 20.9 Å². The first-order valence-electron chi connectivity index (χ1n) is 6.35. The summed E-state index contributed by atoms with van der Waals surface area (Å²) in [5.41, 5.74) is 1.51. The number of rotatable bonds is 1. The Morgan fingerprint density at radius 3 is 1.45 bits per heavy atom. The molecule has 0 fully saturated rings. The Balaban J connectivity index is 1.69. The summed E-state index contributed by atoms with van der Waals surface area (Å²) in [6, 6.07) is 15.2. The lowest BCUT2D eigenvalue weighted by molar-refractivity contribution is 0.0934. The molecule has 0 saturated heterocycles. The van der Waals surface area contributed by atoms with Crippen molar-refractivity contribution in [1.82, 2.24) is 0 Å². The summed E-state index contributed by atoms with van der Waals surface area (Å²) in [4.78, 5) is 27.0. The molecule has 2 aliphatic rings. The van der Waals surface area contributed by atoms with Crippen molar-refractivity contribution in [2.45, 2.75) is 20.3 Å². The van der Waals surface area contributed by atoms with Crippen LogP contribution in [0.1, 0.15) is 20.7 Å². The molecule has 2 atom stereocenters. The number of Topliss-reactive ketones (excluding diaryl/α,β-unsaturated/α-hetero) is 2. The van der Waals surface area contributed by atoms with Gasteiger partial charge in [-0.1, -0.05) is 36.4 Å². The van der Waals surface area contributed by atoms with Crippen molar-refractivity contribution in [3.8, 4) is 0 Å². The van der Waals surface area contributed by atoms with Crippen LogP contribution in [-0.4, -0.2) is 22.1 Å². The highest BCUT2D eigenvalue weighted by atomic mass is 32.2. The predicted molar refractivity (Wildman–Crippen MR) is 80.8 cm³/mol. The molecule has 0 aromatic heterocycles. The van der Waals surface area contributed by atoms with Gasteiger partial charge in [-0.2, -0.15) is 0 Å². The second-order valence-electron chi connectivity index (χ2n) is 4.80. The Bertz CT molecular complexity index is 675. The van der Waals surface area contributed by atoms with Gasteiger partial charge in [0.2, 0.25) is 0 Å². The Hall–Kier alpha value is -1.52. The molecule has 0 bridgehead atoms. The number of hydrogen-bond acceptors (Lipinski definition) is 4. The maximum atomic E-state index is 12.5. The molecule has 0 N–H and O–H groups in total. The van der Waals surface area contributed by atoms with Crippen LogP contribution in [0.3, 0.4) is 0 Å². The van der Waals surface area contributed by atoms with Crippen LogP contribution in [-0.2, 0) is 0 Å². The minimum Gasteiger partial charge on any atom is -0.293 e. The van der Waals surface area contributed by atoms with Crippen LogP contribution >= 0.6 is 23.5 Å². The number of carbonyl (C=O) groups is 2. The van der Waals surface area contributed by atoms with Crippen molar-refractivity contribution in [2.75, 3.05) is 0 Å². The molecule has 4 rings (SSSR count). The Morgan fingerprint density at radius 1 is 0.650 bits per heavy atom. The van der Waals surface area contributed by atoms with Gasteiger partial charge in [0.15, 0.2) is 11.6 Å². The molecule has 0 aliphatic carbocycles. The average Bonchev–Trinajstić information content (AvgIpc) is 2.98. The van der Waals surface area contributed by atoms with Gasteiger partial charge in [0.1, 0.15) is 0 Å². The van der Waals surface area contributed by atoms with Crippen molar-refractivity contribution in [3.63, 3.8) is 0 Å². The smallest absolute Gasteiger partial charge is 0.178 e. The Kier molecular flexibility index (Phi) is 2.75. The first-order chi connectivity index (χ1) is 9.75. The van der Waals surface area contributed by atoms with E-state index in [2.05, 4.69) is 0 Å². The topological polar surface area (TPSA) is 34.1 Å². The second-order valence-corrected chi connectivity index (χ2v) is 7.16. The zero-order valence-corrected chi connectivity index (χ0v) is 12.0. The van der Waals surface area contributed by atoms with Crippen LogP contribution < -0.4 is 0 Å². The van der Waals surface area contributed by atoms with Gasteiger partial charge >= 0.3 is 0 Å². The van der Waals surface area contributed by atoms with E-state index in [1.54, 1.807) is 0 Å². The van der Waals surface area contributed by atoms with Crippen LogP contribution in [0.4, 0.5) is 0 Å². The standard InChI is InChI=1S/C16H10O2S2/c17-13-9-5-1-3-7-11(9)19-15(13)16-14(18)10-6-2-4-8-12(10)20-16/h1-8,15-16H. The van der Waals surface area contributed by atoms with E-state index in [-0.39, 0.29) is 22.1 Å². The highest BCUT2D eigenvalue weighted by Crippen LogP contribution is 2.47. The van der Waals surface area contributed by atoms with Gasteiger partial charge in [-0.25, -0.2) is 0 Å². The third kappa shape index (κ3) is 1.68. The number of thioether (sulfide) groups is 2. The molecule has 0 spiro atoms. The van der Waals surface area contributed by atoms with Crippen molar-refractivity contribution >= 4 is 35.1 Å². The first kappa shape index (κ1) is 12.2. The quantitative estimate of drug-likeness (QED) is 0.804. The fourth-order valence-electron chi connectivity index (χ4n) is 2.63. The van der Waals surface area contributed by atoms with E-state index in [1.807, 2.05) is 48.5 Å². The summed E-state index contributed by atoms with van der Waals surface area (Å²) in [6.07, 6.45) is 0. The van der Waals surface area contributed by atoms with E-state index in [9.17, 15) is 9.59 Å². The molecule has 4 heteroatoms. The molecule has 98 valence electrons. The van der Waals surface area contributed by atoms with Crippen LogP contribution in [0.25, 0.3) is 0 Å². The maximum absolute atomic E-state index is 12.5. The summed E-state index contributed by atoms with van der Waals surface area (Å²) >= 11 is 3.05. The fourth-order valence-corrected chi connectivity index (χ4v) is 5.38. The Morgan fingerprint density at radius 2 is 1.05 bits per heavy atom. The number of hydrogen-bond donors (Lipinski definition) is 0. The summed E-state index contributed by atoms with van der Waals surface area (Å²) in [5, 5.41) is -0.588. The lowest BCUT2D eigenvalue weighted by Gasteiger charge is -2.13. The summed E-state index contributed by atoms with van der Waals surface area (Å²) < 4.78 is 0. The van der Waals surface area contributed by atoms with E-state index in [1.165, 1.54) is 23.5 Å². The van der Waals surface area contributed by atoms with Crippen LogP contribution in [0.5, 0.6) is 0 Å². The van der Waals surface area contributed by atoms with E-state index < -0.39 is 0 Å². The predicted octanol–water partition coefficient (Wildman–Crippen LogP) is 3.70. The number of ketones is 2. The van der Waals surface area contributed by atoms with Gasteiger partial charge in [-0.05, 0) is 12.1 Å². The van der Waals surface area contributed by atoms with Gasteiger partial charge in [-0.3, -0.25) is 9.59 Å². The highest BCUT2D eigenvalue weighted by molar-refractivity contribution is 8.05. The average molecular weight is 298 g/mol. The molecule has 2 heterocycles. The molecular formula is C16H10O2S2. The van der Waals surface area contributed by atoms with Crippen LogP contribution in [0, 0.1) is 0 Å². The molecule has 2 nitrogen and oxygen atoms in total. The molecule has 2 aromatic rings. The number of fused-ring (bicyclic) bond motifs is 2. The lowest BCUT2D eigenvalue weighted by atomic mass is 10.0. The fraction of sp³-hybridized carbons (Fsp3) is 0.125. The molecular weight excluding hydrogens is 288 g/mol. The zero-order chi connectivity index (χ0) is 13.7. The normalized spacial score (nSPS) is 23.8. The maximum Gasteiger partial charge on any atom is 0.178 e. The third-order valence-electron chi connectivity index (χ3n) is 3.60. The van der Waals surface area contributed by atoms with Crippen LogP contribution in [0.2, 0.25) is 0 Å². The van der Waals surface area contributed by atoms with Crippen molar-refractivity contribution < 1.29 is 9.59 Å². The van der Waals surface area contributed by atoms with E-state index in [4.69, 9.17) is 0 Å². The summed E-state index contributed by atoms with van der Waals surface area (Å²) in [6.45, 7) is 0. The zero-order valence-electron chi connectivity index (χ0n) is 10.4. The van der Waals surface area contributed by atoms with E-state index >= 15 is 0 Å². The third-order valence-corrected chi connectivity index (χ3v) is 6.48. The molecule has 0 amide bonds. The SMILES string of the molecule is O=C1c2ccccc2SC1C1Sc2ccccc2C1=O. The van der Waals surface area contributed by atoms with E-state index in [0.717, 1.165) is 20.9 Å². The Labute approximate surface area is 125 Å². The molecule has 2 unspecified atom stereocenters. The van der Waals surface area contributed by atoms with Gasteiger partial charge in [0.05, 0.1) is 10.5 Å². The summed E-state index contributed by atoms with van der Waals surface area (Å²) in [7, 11) is 0. The minimum atomic E-state index is -0.294. The molecule has 0 saturated carbocycles.